The molecular weight excluding hydrogens is 338 g/mol. The molecule has 1 aliphatic heterocycles. The maximum Gasteiger partial charge on any atom is 0.238 e. The van der Waals surface area contributed by atoms with Gasteiger partial charge in [0.15, 0.2) is 0 Å². The fourth-order valence-corrected chi connectivity index (χ4v) is 3.44. The SMILES string of the molecule is Cc1ccc(NC(=O)CN2CCN(Cc3nc4ccccc4[nH]3)CC2)cc1. The van der Waals surface area contributed by atoms with Gasteiger partial charge in [-0.1, -0.05) is 29.8 Å². The maximum atomic E-state index is 12.3. The molecule has 0 aliphatic carbocycles. The van der Waals surface area contributed by atoms with Gasteiger partial charge in [0.25, 0.3) is 0 Å². The number of hydrogen-bond acceptors (Lipinski definition) is 4. The van der Waals surface area contributed by atoms with E-state index in [0.29, 0.717) is 6.54 Å². The third-order valence-electron chi connectivity index (χ3n) is 4.98. The molecule has 140 valence electrons. The second-order valence-corrected chi connectivity index (χ2v) is 7.17. The van der Waals surface area contributed by atoms with Crippen molar-refractivity contribution < 1.29 is 4.79 Å². The quantitative estimate of drug-likeness (QED) is 0.731. The summed E-state index contributed by atoms with van der Waals surface area (Å²) in [6.45, 7) is 6.95. The lowest BCUT2D eigenvalue weighted by atomic mass is 10.2. The van der Waals surface area contributed by atoms with Crippen LogP contribution in [0.4, 0.5) is 5.69 Å². The van der Waals surface area contributed by atoms with Gasteiger partial charge in [-0.15, -0.1) is 0 Å². The lowest BCUT2D eigenvalue weighted by molar-refractivity contribution is -0.117. The average molecular weight is 363 g/mol. The molecule has 0 spiro atoms. The number of imidazole rings is 1. The summed E-state index contributed by atoms with van der Waals surface area (Å²) in [7, 11) is 0. The van der Waals surface area contributed by atoms with Crippen molar-refractivity contribution in [3.8, 4) is 0 Å². The van der Waals surface area contributed by atoms with E-state index in [1.807, 2.05) is 49.4 Å². The Hall–Kier alpha value is -2.70. The summed E-state index contributed by atoms with van der Waals surface area (Å²) in [5.74, 6) is 1.05. The normalized spacial score (nSPS) is 15.9. The van der Waals surface area contributed by atoms with Gasteiger partial charge in [-0.05, 0) is 31.2 Å². The van der Waals surface area contributed by atoms with Gasteiger partial charge in [-0.25, -0.2) is 4.98 Å². The van der Waals surface area contributed by atoms with Crippen molar-refractivity contribution in [2.24, 2.45) is 0 Å². The molecule has 0 unspecified atom stereocenters. The van der Waals surface area contributed by atoms with Gasteiger partial charge in [0, 0.05) is 31.9 Å². The Bertz CT molecular complexity index is 877. The Morgan fingerprint density at radius 2 is 1.74 bits per heavy atom. The van der Waals surface area contributed by atoms with E-state index in [1.165, 1.54) is 5.56 Å². The predicted molar refractivity (Wildman–Crippen MR) is 108 cm³/mol. The molecule has 0 atom stereocenters. The van der Waals surface area contributed by atoms with E-state index in [1.54, 1.807) is 0 Å². The third kappa shape index (κ3) is 4.53. The first-order valence-electron chi connectivity index (χ1n) is 9.40. The van der Waals surface area contributed by atoms with Crippen LogP contribution in [0.5, 0.6) is 0 Å². The van der Waals surface area contributed by atoms with E-state index >= 15 is 0 Å². The number of fused-ring (bicyclic) bond motifs is 1. The molecule has 6 heteroatoms. The zero-order chi connectivity index (χ0) is 18.6. The van der Waals surface area contributed by atoms with Crippen LogP contribution in [0.25, 0.3) is 11.0 Å². The molecule has 1 saturated heterocycles. The van der Waals surface area contributed by atoms with Crippen LogP contribution in [0.3, 0.4) is 0 Å². The van der Waals surface area contributed by atoms with Crippen LogP contribution in [-0.4, -0.2) is 58.4 Å². The summed E-state index contributed by atoms with van der Waals surface area (Å²) in [6.07, 6.45) is 0. The molecule has 2 aromatic carbocycles. The largest absolute Gasteiger partial charge is 0.341 e. The van der Waals surface area contributed by atoms with E-state index in [2.05, 4.69) is 31.2 Å². The minimum Gasteiger partial charge on any atom is -0.341 e. The van der Waals surface area contributed by atoms with Crippen molar-refractivity contribution in [3.63, 3.8) is 0 Å². The number of H-pyrrole nitrogens is 1. The number of aromatic nitrogens is 2. The molecule has 27 heavy (non-hydrogen) atoms. The third-order valence-corrected chi connectivity index (χ3v) is 4.98. The minimum absolute atomic E-state index is 0.0459. The summed E-state index contributed by atoms with van der Waals surface area (Å²) in [6, 6.07) is 16.0. The second-order valence-electron chi connectivity index (χ2n) is 7.17. The number of carbonyl (C=O) groups is 1. The van der Waals surface area contributed by atoms with Crippen LogP contribution in [0, 0.1) is 6.92 Å². The van der Waals surface area contributed by atoms with E-state index < -0.39 is 0 Å². The number of anilines is 1. The molecule has 1 aliphatic rings. The summed E-state index contributed by atoms with van der Waals surface area (Å²) < 4.78 is 0. The van der Waals surface area contributed by atoms with Gasteiger partial charge in [-0.2, -0.15) is 0 Å². The Balaban J connectivity index is 1.24. The number of amides is 1. The van der Waals surface area contributed by atoms with Crippen LogP contribution >= 0.6 is 0 Å². The van der Waals surface area contributed by atoms with Crippen molar-refractivity contribution in [1.82, 2.24) is 19.8 Å². The lowest BCUT2D eigenvalue weighted by Gasteiger charge is -2.33. The fourth-order valence-electron chi connectivity index (χ4n) is 3.44. The fraction of sp³-hybridized carbons (Fsp3) is 0.333. The van der Waals surface area contributed by atoms with Crippen LogP contribution in [0.15, 0.2) is 48.5 Å². The number of aryl methyl sites for hydroxylation is 1. The Labute approximate surface area is 159 Å². The van der Waals surface area contributed by atoms with Gasteiger partial charge < -0.3 is 10.3 Å². The molecule has 1 amide bonds. The molecular formula is C21H25N5O. The number of nitrogens with zero attached hydrogens (tertiary/aromatic N) is 3. The highest BCUT2D eigenvalue weighted by Gasteiger charge is 2.20. The molecule has 0 saturated carbocycles. The molecule has 0 bridgehead atoms. The zero-order valence-corrected chi connectivity index (χ0v) is 15.6. The topological polar surface area (TPSA) is 64.3 Å². The van der Waals surface area contributed by atoms with Gasteiger partial charge in [0.05, 0.1) is 24.1 Å². The maximum absolute atomic E-state index is 12.3. The molecule has 2 N–H and O–H groups in total. The standard InChI is InChI=1S/C21H25N5O/c1-16-6-8-17(9-7-16)22-21(27)15-26-12-10-25(11-13-26)14-20-23-18-4-2-3-5-19(18)24-20/h2-9H,10-15H2,1H3,(H,22,27)(H,23,24). The summed E-state index contributed by atoms with van der Waals surface area (Å²) in [5.41, 5.74) is 4.14. The van der Waals surface area contributed by atoms with Crippen LogP contribution < -0.4 is 5.32 Å². The highest BCUT2D eigenvalue weighted by atomic mass is 16.2. The Kier molecular flexibility index (Phi) is 5.18. The number of nitrogens with one attached hydrogen (secondary N) is 2. The minimum atomic E-state index is 0.0459. The van der Waals surface area contributed by atoms with E-state index in [-0.39, 0.29) is 5.91 Å². The molecule has 1 aromatic heterocycles. The van der Waals surface area contributed by atoms with Gasteiger partial charge in [0.2, 0.25) is 5.91 Å². The summed E-state index contributed by atoms with van der Waals surface area (Å²) in [4.78, 5) is 24.9. The summed E-state index contributed by atoms with van der Waals surface area (Å²) in [5, 5.41) is 2.97. The molecule has 0 radical (unpaired) electrons. The summed E-state index contributed by atoms with van der Waals surface area (Å²) >= 11 is 0. The molecule has 4 rings (SSSR count). The van der Waals surface area contributed by atoms with E-state index in [4.69, 9.17) is 0 Å². The smallest absolute Gasteiger partial charge is 0.238 e. The number of para-hydroxylation sites is 2. The van der Waals surface area contributed by atoms with Crippen molar-refractivity contribution in [3.05, 3.63) is 59.9 Å². The molecule has 2 heterocycles. The van der Waals surface area contributed by atoms with Crippen LogP contribution in [0.2, 0.25) is 0 Å². The predicted octanol–water partition coefficient (Wildman–Crippen LogP) is 2.63. The highest BCUT2D eigenvalue weighted by molar-refractivity contribution is 5.92. The van der Waals surface area contributed by atoms with Crippen molar-refractivity contribution in [2.75, 3.05) is 38.0 Å². The van der Waals surface area contributed by atoms with Crippen molar-refractivity contribution in [1.29, 1.82) is 0 Å². The number of aromatic amines is 1. The number of hydrogen-bond donors (Lipinski definition) is 2. The molecule has 3 aromatic rings. The van der Waals surface area contributed by atoms with Crippen molar-refractivity contribution in [2.45, 2.75) is 13.5 Å². The first-order chi connectivity index (χ1) is 13.2. The van der Waals surface area contributed by atoms with E-state index in [0.717, 1.165) is 55.3 Å². The first-order valence-corrected chi connectivity index (χ1v) is 9.40. The van der Waals surface area contributed by atoms with Gasteiger partial charge in [0.1, 0.15) is 5.82 Å². The zero-order valence-electron chi connectivity index (χ0n) is 15.6. The van der Waals surface area contributed by atoms with Crippen molar-refractivity contribution >= 4 is 22.6 Å². The lowest BCUT2D eigenvalue weighted by Crippen LogP contribution is -2.48. The number of carbonyl (C=O) groups excluding carboxylic acids is 1. The highest BCUT2D eigenvalue weighted by Crippen LogP contribution is 2.13. The van der Waals surface area contributed by atoms with Crippen LogP contribution in [0.1, 0.15) is 11.4 Å². The number of rotatable bonds is 5. The number of benzene rings is 2. The Morgan fingerprint density at radius 1 is 1.04 bits per heavy atom. The average Bonchev–Trinajstić information content (AvgIpc) is 3.07. The monoisotopic (exact) mass is 363 g/mol. The molecule has 6 nitrogen and oxygen atoms in total. The molecule has 1 fully saturated rings. The first kappa shape index (κ1) is 17.7. The van der Waals surface area contributed by atoms with E-state index in [9.17, 15) is 4.79 Å². The second kappa shape index (κ2) is 7.90. The van der Waals surface area contributed by atoms with Gasteiger partial charge in [-0.3, -0.25) is 14.6 Å². The van der Waals surface area contributed by atoms with Gasteiger partial charge >= 0.3 is 0 Å². The number of piperazine rings is 1. The van der Waals surface area contributed by atoms with Crippen LogP contribution in [-0.2, 0) is 11.3 Å². The Morgan fingerprint density at radius 3 is 2.48 bits per heavy atom.